The topological polar surface area (TPSA) is 103 Å². The third-order valence-electron chi connectivity index (χ3n) is 1.94. The van der Waals surface area contributed by atoms with Crippen LogP contribution in [-0.2, 0) is 4.79 Å². The monoisotopic (exact) mass is 234 g/mol. The van der Waals surface area contributed by atoms with Gasteiger partial charge in [0.15, 0.2) is 0 Å². The summed E-state index contributed by atoms with van der Waals surface area (Å²) in [5, 5.41) is 10.6. The van der Waals surface area contributed by atoms with E-state index in [1.807, 2.05) is 0 Å². The number of carbonyl (C=O) groups is 2. The van der Waals surface area contributed by atoms with Crippen LogP contribution in [0.25, 0.3) is 6.08 Å². The molecule has 0 aliphatic heterocycles. The van der Waals surface area contributed by atoms with Gasteiger partial charge in [0.05, 0.1) is 4.92 Å². The van der Waals surface area contributed by atoms with Crippen molar-refractivity contribution in [2.24, 2.45) is 5.73 Å². The lowest BCUT2D eigenvalue weighted by molar-refractivity contribution is -0.384. The van der Waals surface area contributed by atoms with Gasteiger partial charge in [-0.3, -0.25) is 19.7 Å². The molecule has 0 bridgehead atoms. The average Bonchev–Trinajstić information content (AvgIpc) is 2.28. The molecule has 1 aromatic carbocycles. The Morgan fingerprint density at radius 2 is 2.00 bits per heavy atom. The zero-order valence-corrected chi connectivity index (χ0v) is 8.83. The van der Waals surface area contributed by atoms with E-state index in [-0.39, 0.29) is 17.7 Å². The van der Waals surface area contributed by atoms with Crippen LogP contribution in [0, 0.1) is 10.1 Å². The Bertz CT molecular complexity index is 494. The number of carbonyl (C=O) groups excluding carboxylic acids is 2. The molecule has 0 aromatic heterocycles. The molecule has 2 N–H and O–H groups in total. The minimum Gasteiger partial charge on any atom is -0.369 e. The minimum absolute atomic E-state index is 0.0408. The fourth-order valence-electron chi connectivity index (χ4n) is 1.24. The summed E-state index contributed by atoms with van der Waals surface area (Å²) in [6, 6.07) is 3.97. The van der Waals surface area contributed by atoms with Gasteiger partial charge in [0.25, 0.3) is 5.69 Å². The van der Waals surface area contributed by atoms with Crippen LogP contribution in [0.1, 0.15) is 22.3 Å². The molecule has 1 rings (SSSR count). The highest BCUT2D eigenvalue weighted by Gasteiger charge is 2.07. The molecule has 0 aliphatic carbocycles. The second-order valence-corrected chi connectivity index (χ2v) is 3.31. The average molecular weight is 234 g/mol. The van der Waals surface area contributed by atoms with Crippen molar-refractivity contribution in [2.45, 2.75) is 6.42 Å². The Hall–Kier alpha value is -2.50. The molecule has 6 nitrogen and oxygen atoms in total. The first-order valence-electron chi connectivity index (χ1n) is 4.72. The summed E-state index contributed by atoms with van der Waals surface area (Å²) in [4.78, 5) is 31.1. The molecule has 88 valence electrons. The Labute approximate surface area is 96.9 Å². The van der Waals surface area contributed by atoms with E-state index in [1.54, 1.807) is 0 Å². The molecule has 0 atom stereocenters. The zero-order valence-electron chi connectivity index (χ0n) is 8.83. The number of nitro benzene ring substituents is 1. The number of nitrogens with zero attached hydrogens (tertiary/aromatic N) is 1. The van der Waals surface area contributed by atoms with E-state index in [0.29, 0.717) is 11.8 Å². The van der Waals surface area contributed by atoms with Gasteiger partial charge in [-0.1, -0.05) is 12.2 Å². The molecular weight excluding hydrogens is 224 g/mol. The normalized spacial score (nSPS) is 10.4. The van der Waals surface area contributed by atoms with Crippen molar-refractivity contribution >= 4 is 24.0 Å². The van der Waals surface area contributed by atoms with Gasteiger partial charge in [-0.15, -0.1) is 0 Å². The third-order valence-corrected chi connectivity index (χ3v) is 1.94. The van der Waals surface area contributed by atoms with E-state index >= 15 is 0 Å². The molecule has 0 fully saturated rings. The Balaban J connectivity index is 3.02. The molecule has 0 heterocycles. The maximum absolute atomic E-state index is 10.6. The summed E-state index contributed by atoms with van der Waals surface area (Å²) in [5.41, 5.74) is 5.44. The molecule has 0 unspecified atom stereocenters. The predicted molar refractivity (Wildman–Crippen MR) is 61.3 cm³/mol. The van der Waals surface area contributed by atoms with Gasteiger partial charge in [-0.2, -0.15) is 0 Å². The van der Waals surface area contributed by atoms with Gasteiger partial charge in [0.1, 0.15) is 6.29 Å². The maximum Gasteiger partial charge on any atom is 0.270 e. The number of hydrogen-bond donors (Lipinski definition) is 1. The second-order valence-electron chi connectivity index (χ2n) is 3.31. The molecule has 17 heavy (non-hydrogen) atoms. The Morgan fingerprint density at radius 1 is 1.35 bits per heavy atom. The molecular formula is C11H10N2O4. The third kappa shape index (κ3) is 3.86. The van der Waals surface area contributed by atoms with Gasteiger partial charge in [0.2, 0.25) is 5.91 Å². The molecule has 0 radical (unpaired) electrons. The standard InChI is InChI=1S/C11H10N2O4/c12-11(15)3-1-2-8-4-9(7-14)6-10(5-8)13(16)17/h1-2,4-7H,3H2,(H2,12,15). The number of non-ortho nitro benzene ring substituents is 1. The van der Waals surface area contributed by atoms with Crippen LogP contribution in [0.15, 0.2) is 24.3 Å². The fraction of sp³-hybridized carbons (Fsp3) is 0.0909. The number of primary amides is 1. The molecule has 0 saturated heterocycles. The molecule has 1 amide bonds. The van der Waals surface area contributed by atoms with Crippen LogP contribution in [-0.4, -0.2) is 17.1 Å². The Morgan fingerprint density at radius 3 is 2.53 bits per heavy atom. The summed E-state index contributed by atoms with van der Waals surface area (Å²) >= 11 is 0. The lowest BCUT2D eigenvalue weighted by Crippen LogP contribution is -2.07. The van der Waals surface area contributed by atoms with E-state index < -0.39 is 10.8 Å². The van der Waals surface area contributed by atoms with E-state index in [1.165, 1.54) is 30.4 Å². The number of aldehydes is 1. The van der Waals surface area contributed by atoms with Gasteiger partial charge in [-0.05, 0) is 11.6 Å². The first-order chi connectivity index (χ1) is 8.02. The summed E-state index contributed by atoms with van der Waals surface area (Å²) in [5.74, 6) is -0.498. The Kier molecular flexibility index (Phi) is 4.10. The highest BCUT2D eigenvalue weighted by Crippen LogP contribution is 2.17. The number of rotatable bonds is 5. The van der Waals surface area contributed by atoms with Gasteiger partial charge >= 0.3 is 0 Å². The van der Waals surface area contributed by atoms with Crippen LogP contribution in [0.3, 0.4) is 0 Å². The highest BCUT2D eigenvalue weighted by atomic mass is 16.6. The number of nitro groups is 1. The van der Waals surface area contributed by atoms with Crippen molar-refractivity contribution in [3.05, 3.63) is 45.5 Å². The van der Waals surface area contributed by atoms with Gasteiger partial charge < -0.3 is 5.73 Å². The number of nitrogens with two attached hydrogens (primary N) is 1. The molecule has 6 heteroatoms. The van der Waals surface area contributed by atoms with Crippen molar-refractivity contribution in [2.75, 3.05) is 0 Å². The van der Waals surface area contributed by atoms with E-state index in [0.717, 1.165) is 0 Å². The van der Waals surface area contributed by atoms with Crippen molar-refractivity contribution < 1.29 is 14.5 Å². The van der Waals surface area contributed by atoms with Crippen molar-refractivity contribution in [1.82, 2.24) is 0 Å². The number of amides is 1. The van der Waals surface area contributed by atoms with Crippen LogP contribution >= 0.6 is 0 Å². The predicted octanol–water partition coefficient (Wildman–Crippen LogP) is 1.30. The van der Waals surface area contributed by atoms with Crippen molar-refractivity contribution in [1.29, 1.82) is 0 Å². The summed E-state index contributed by atoms with van der Waals surface area (Å²) in [6.07, 6.45) is 3.55. The van der Waals surface area contributed by atoms with Gasteiger partial charge in [0, 0.05) is 24.1 Å². The lowest BCUT2D eigenvalue weighted by atomic mass is 10.1. The molecule has 0 saturated carbocycles. The first-order valence-corrected chi connectivity index (χ1v) is 4.72. The highest BCUT2D eigenvalue weighted by molar-refractivity contribution is 5.79. The van der Waals surface area contributed by atoms with E-state index in [9.17, 15) is 19.7 Å². The van der Waals surface area contributed by atoms with Crippen LogP contribution in [0.5, 0.6) is 0 Å². The minimum atomic E-state index is -0.585. The summed E-state index contributed by atoms with van der Waals surface area (Å²) in [6.45, 7) is 0. The summed E-state index contributed by atoms with van der Waals surface area (Å²) in [7, 11) is 0. The zero-order chi connectivity index (χ0) is 12.8. The van der Waals surface area contributed by atoms with Crippen LogP contribution in [0.2, 0.25) is 0 Å². The molecule has 0 spiro atoms. The first kappa shape index (κ1) is 12.6. The maximum atomic E-state index is 10.6. The molecule has 1 aromatic rings. The smallest absolute Gasteiger partial charge is 0.270 e. The number of hydrogen-bond acceptors (Lipinski definition) is 4. The fourth-order valence-corrected chi connectivity index (χ4v) is 1.24. The SMILES string of the molecule is NC(=O)CC=Cc1cc(C=O)cc([N+](=O)[O-])c1. The number of benzene rings is 1. The largest absolute Gasteiger partial charge is 0.369 e. The van der Waals surface area contributed by atoms with Crippen molar-refractivity contribution in [3.63, 3.8) is 0 Å². The van der Waals surface area contributed by atoms with Gasteiger partial charge in [-0.25, -0.2) is 0 Å². The lowest BCUT2D eigenvalue weighted by Gasteiger charge is -1.97. The molecule has 0 aliphatic rings. The quantitative estimate of drug-likeness (QED) is 0.471. The van der Waals surface area contributed by atoms with Crippen molar-refractivity contribution in [3.8, 4) is 0 Å². The van der Waals surface area contributed by atoms with E-state index in [4.69, 9.17) is 5.73 Å². The van der Waals surface area contributed by atoms with Crippen LogP contribution in [0.4, 0.5) is 5.69 Å². The van der Waals surface area contributed by atoms with E-state index in [2.05, 4.69) is 0 Å². The second kappa shape index (κ2) is 5.55. The summed E-state index contributed by atoms with van der Waals surface area (Å²) < 4.78 is 0. The van der Waals surface area contributed by atoms with Crippen LogP contribution < -0.4 is 5.73 Å².